The van der Waals surface area contributed by atoms with Crippen LogP contribution < -0.4 is 10.2 Å². The smallest absolute Gasteiger partial charge is 0.283 e. The van der Waals surface area contributed by atoms with E-state index in [9.17, 15) is 9.59 Å². The van der Waals surface area contributed by atoms with Gasteiger partial charge in [0.25, 0.3) is 11.8 Å². The zero-order chi connectivity index (χ0) is 17.4. The van der Waals surface area contributed by atoms with Gasteiger partial charge in [0.2, 0.25) is 0 Å². The van der Waals surface area contributed by atoms with Gasteiger partial charge in [-0.2, -0.15) is 0 Å². The summed E-state index contributed by atoms with van der Waals surface area (Å²) in [5.74, 6) is -0.957. The summed E-state index contributed by atoms with van der Waals surface area (Å²) in [6.45, 7) is 5.76. The maximum Gasteiger partial charge on any atom is 0.283 e. The van der Waals surface area contributed by atoms with Crippen LogP contribution in [0.5, 0.6) is 0 Å². The summed E-state index contributed by atoms with van der Waals surface area (Å²) < 4.78 is 0. The minimum absolute atomic E-state index is 0.0950. The number of anilines is 2. The van der Waals surface area contributed by atoms with E-state index in [1.54, 1.807) is 12.1 Å². The minimum Gasteiger partial charge on any atom is -0.349 e. The molecule has 0 atom stereocenters. The van der Waals surface area contributed by atoms with Crippen molar-refractivity contribution in [3.05, 3.63) is 69.9 Å². The predicted octanol–water partition coefficient (Wildman–Crippen LogP) is 4.05. The first-order valence-electron chi connectivity index (χ1n) is 7.58. The fourth-order valence-corrected chi connectivity index (χ4v) is 2.99. The van der Waals surface area contributed by atoms with Gasteiger partial charge in [-0.25, -0.2) is 4.90 Å². The molecule has 0 saturated heterocycles. The lowest BCUT2D eigenvalue weighted by atomic mass is 10.1. The number of aryl methyl sites for hydroxylation is 3. The molecule has 24 heavy (non-hydrogen) atoms. The van der Waals surface area contributed by atoms with Crippen molar-refractivity contribution in [2.24, 2.45) is 0 Å². The normalized spacial score (nSPS) is 14.6. The van der Waals surface area contributed by atoms with Crippen molar-refractivity contribution < 1.29 is 9.59 Å². The SMILES string of the molecule is Cc1cc(C)cc(N2C(=O)C(Cl)=C(Nc3ccccc3C)C2=O)c1. The molecule has 2 aromatic carbocycles. The lowest BCUT2D eigenvalue weighted by Crippen LogP contribution is -2.32. The summed E-state index contributed by atoms with van der Waals surface area (Å²) in [6.07, 6.45) is 0. The molecule has 1 aliphatic heterocycles. The zero-order valence-electron chi connectivity index (χ0n) is 13.7. The molecule has 0 bridgehead atoms. The number of hydrogen-bond acceptors (Lipinski definition) is 3. The van der Waals surface area contributed by atoms with Crippen LogP contribution in [0.25, 0.3) is 0 Å². The van der Waals surface area contributed by atoms with Crippen molar-refractivity contribution in [2.45, 2.75) is 20.8 Å². The van der Waals surface area contributed by atoms with Gasteiger partial charge in [0, 0.05) is 5.69 Å². The standard InChI is InChI=1S/C19H17ClN2O2/c1-11-8-12(2)10-14(9-11)22-18(23)16(20)17(19(22)24)21-15-7-5-4-6-13(15)3/h4-10,21H,1-3H3. The van der Waals surface area contributed by atoms with Crippen LogP contribution >= 0.6 is 11.6 Å². The van der Waals surface area contributed by atoms with Crippen LogP contribution in [-0.4, -0.2) is 11.8 Å². The Hall–Kier alpha value is -2.59. The quantitative estimate of drug-likeness (QED) is 0.858. The molecule has 0 saturated carbocycles. The number of benzene rings is 2. The third-order valence-electron chi connectivity index (χ3n) is 3.90. The third kappa shape index (κ3) is 2.81. The molecule has 2 aromatic rings. The molecule has 5 heteroatoms. The largest absolute Gasteiger partial charge is 0.349 e. The summed E-state index contributed by atoms with van der Waals surface area (Å²) in [5.41, 5.74) is 4.29. The summed E-state index contributed by atoms with van der Waals surface area (Å²) in [6, 6.07) is 13.1. The van der Waals surface area contributed by atoms with E-state index in [1.807, 2.05) is 51.1 Å². The Labute approximate surface area is 145 Å². The summed E-state index contributed by atoms with van der Waals surface area (Å²) in [7, 11) is 0. The van der Waals surface area contributed by atoms with E-state index in [1.165, 1.54) is 0 Å². The van der Waals surface area contributed by atoms with Crippen LogP contribution in [0.15, 0.2) is 53.2 Å². The van der Waals surface area contributed by atoms with Crippen LogP contribution in [0.3, 0.4) is 0 Å². The lowest BCUT2D eigenvalue weighted by molar-refractivity contribution is -0.120. The topological polar surface area (TPSA) is 49.4 Å². The lowest BCUT2D eigenvalue weighted by Gasteiger charge is -2.17. The first-order chi connectivity index (χ1) is 11.4. The Kier molecular flexibility index (Phi) is 4.16. The number of hydrogen-bond donors (Lipinski definition) is 1. The molecular formula is C19H17ClN2O2. The maximum atomic E-state index is 12.8. The number of nitrogens with zero attached hydrogens (tertiary/aromatic N) is 1. The van der Waals surface area contributed by atoms with Crippen molar-refractivity contribution in [3.63, 3.8) is 0 Å². The fourth-order valence-electron chi connectivity index (χ4n) is 2.77. The molecule has 1 heterocycles. The number of nitrogens with one attached hydrogen (secondary N) is 1. The molecule has 4 nitrogen and oxygen atoms in total. The highest BCUT2D eigenvalue weighted by Crippen LogP contribution is 2.31. The number of carbonyl (C=O) groups excluding carboxylic acids is 2. The average Bonchev–Trinajstić information content (AvgIpc) is 2.72. The zero-order valence-corrected chi connectivity index (χ0v) is 14.4. The van der Waals surface area contributed by atoms with Crippen molar-refractivity contribution in [2.75, 3.05) is 10.2 Å². The highest BCUT2D eigenvalue weighted by Gasteiger charge is 2.39. The van der Waals surface area contributed by atoms with Crippen molar-refractivity contribution in [3.8, 4) is 0 Å². The molecule has 3 rings (SSSR count). The van der Waals surface area contributed by atoms with Crippen LogP contribution in [0.2, 0.25) is 0 Å². The van der Waals surface area contributed by atoms with Gasteiger partial charge in [0.05, 0.1) is 5.69 Å². The van der Waals surface area contributed by atoms with Gasteiger partial charge in [0.1, 0.15) is 10.7 Å². The van der Waals surface area contributed by atoms with Gasteiger partial charge in [-0.1, -0.05) is 35.9 Å². The van der Waals surface area contributed by atoms with Crippen LogP contribution in [0, 0.1) is 20.8 Å². The summed E-state index contributed by atoms with van der Waals surface area (Å²) in [4.78, 5) is 26.4. The van der Waals surface area contributed by atoms with Gasteiger partial charge in [0.15, 0.2) is 0 Å². The molecule has 0 fully saturated rings. The Morgan fingerprint density at radius 3 is 2.17 bits per heavy atom. The highest BCUT2D eigenvalue weighted by atomic mass is 35.5. The van der Waals surface area contributed by atoms with E-state index < -0.39 is 11.8 Å². The van der Waals surface area contributed by atoms with Gasteiger partial charge < -0.3 is 5.32 Å². The highest BCUT2D eigenvalue weighted by molar-refractivity contribution is 6.53. The number of carbonyl (C=O) groups is 2. The second-order valence-corrected chi connectivity index (χ2v) is 6.30. The Morgan fingerprint density at radius 2 is 1.54 bits per heavy atom. The van der Waals surface area contributed by atoms with Crippen LogP contribution in [0.1, 0.15) is 16.7 Å². The van der Waals surface area contributed by atoms with E-state index in [4.69, 9.17) is 11.6 Å². The van der Waals surface area contributed by atoms with Gasteiger partial charge in [-0.15, -0.1) is 0 Å². The van der Waals surface area contributed by atoms with E-state index in [-0.39, 0.29) is 10.7 Å². The van der Waals surface area contributed by atoms with Crippen LogP contribution in [-0.2, 0) is 9.59 Å². The van der Waals surface area contributed by atoms with Gasteiger partial charge >= 0.3 is 0 Å². The Bertz CT molecular complexity index is 866. The first-order valence-corrected chi connectivity index (χ1v) is 7.96. The maximum absolute atomic E-state index is 12.8. The molecule has 1 aliphatic rings. The number of rotatable bonds is 3. The van der Waals surface area contributed by atoms with E-state index >= 15 is 0 Å². The van der Waals surface area contributed by atoms with E-state index in [0.29, 0.717) is 5.69 Å². The molecule has 0 aliphatic carbocycles. The average molecular weight is 341 g/mol. The van der Waals surface area contributed by atoms with Crippen molar-refractivity contribution >= 4 is 34.8 Å². The van der Waals surface area contributed by atoms with Gasteiger partial charge in [-0.05, 0) is 55.7 Å². The minimum atomic E-state index is -0.511. The molecule has 0 unspecified atom stereocenters. The van der Waals surface area contributed by atoms with Crippen LogP contribution in [0.4, 0.5) is 11.4 Å². The third-order valence-corrected chi connectivity index (χ3v) is 4.25. The van der Waals surface area contributed by atoms with E-state index in [2.05, 4.69) is 5.32 Å². The second kappa shape index (κ2) is 6.13. The summed E-state index contributed by atoms with van der Waals surface area (Å²) >= 11 is 6.16. The number of halogens is 1. The molecule has 122 valence electrons. The first kappa shape index (κ1) is 16.3. The molecule has 0 radical (unpaired) electrons. The van der Waals surface area contributed by atoms with Gasteiger partial charge in [-0.3, -0.25) is 9.59 Å². The molecule has 0 spiro atoms. The summed E-state index contributed by atoms with van der Waals surface area (Å²) in [5, 5.41) is 2.91. The monoisotopic (exact) mass is 340 g/mol. The number of imide groups is 1. The molecule has 0 aromatic heterocycles. The fraction of sp³-hybridized carbons (Fsp3) is 0.158. The number of para-hydroxylation sites is 1. The molecular weight excluding hydrogens is 324 g/mol. The molecule has 2 amide bonds. The Balaban J connectivity index is 1.97. The Morgan fingerprint density at radius 1 is 0.917 bits per heavy atom. The number of amides is 2. The second-order valence-electron chi connectivity index (χ2n) is 5.92. The van der Waals surface area contributed by atoms with E-state index in [0.717, 1.165) is 27.3 Å². The predicted molar refractivity (Wildman–Crippen MR) is 96.1 cm³/mol. The molecule has 1 N–H and O–H groups in total. The van der Waals surface area contributed by atoms with Crippen molar-refractivity contribution in [1.82, 2.24) is 0 Å². The van der Waals surface area contributed by atoms with Crippen molar-refractivity contribution in [1.29, 1.82) is 0 Å².